The molecule has 0 fully saturated rings. The highest BCUT2D eigenvalue weighted by molar-refractivity contribution is 5.70. The van der Waals surface area contributed by atoms with Crippen LogP contribution in [-0.2, 0) is 33.3 Å². The number of carboxylic acids is 1. The van der Waals surface area contributed by atoms with E-state index in [9.17, 15) is 19.5 Å². The first-order valence-corrected chi connectivity index (χ1v) is 36.5. The van der Waals surface area contributed by atoms with E-state index in [1.54, 1.807) is 0 Å². The lowest BCUT2D eigenvalue weighted by atomic mass is 10.0. The number of aliphatic carboxylic acids is 1. The van der Waals surface area contributed by atoms with Crippen molar-refractivity contribution in [2.24, 2.45) is 0 Å². The summed E-state index contributed by atoms with van der Waals surface area (Å²) in [6.45, 7) is 4.82. The number of rotatable bonds is 69. The lowest BCUT2D eigenvalue weighted by Gasteiger charge is -2.26. The van der Waals surface area contributed by atoms with Gasteiger partial charge in [-0.05, 0) is 44.9 Å². The number of nitrogens with zero attached hydrogens (tertiary/aromatic N) is 1. The quantitative estimate of drug-likeness (QED) is 0.0195. The van der Waals surface area contributed by atoms with Gasteiger partial charge in [0.1, 0.15) is 13.2 Å². The average Bonchev–Trinajstić information content (AvgIpc) is 3.46. The molecule has 2 atom stereocenters. The molecule has 0 amide bonds. The number of carbonyl (C=O) groups excluding carboxylic acids is 3. The molecule has 0 N–H and O–H groups in total. The molecule has 0 aromatic heterocycles. The van der Waals surface area contributed by atoms with Gasteiger partial charge < -0.3 is 33.3 Å². The summed E-state index contributed by atoms with van der Waals surface area (Å²) >= 11 is 0. The van der Waals surface area contributed by atoms with Crippen LogP contribution in [0.25, 0.3) is 0 Å². The summed E-state index contributed by atoms with van der Waals surface area (Å²) < 4.78 is 22.8. The Kier molecular flexibility index (Phi) is 64.0. The van der Waals surface area contributed by atoms with E-state index in [0.29, 0.717) is 17.4 Å². The summed E-state index contributed by atoms with van der Waals surface area (Å²) in [6, 6.07) is 0. The van der Waals surface area contributed by atoms with Gasteiger partial charge in [-0.3, -0.25) is 9.59 Å². The summed E-state index contributed by atoms with van der Waals surface area (Å²) in [5.41, 5.74) is 0. The van der Waals surface area contributed by atoms with E-state index in [-0.39, 0.29) is 32.2 Å². The monoisotopic (exact) mass is 1170 g/mol. The van der Waals surface area contributed by atoms with Gasteiger partial charge in [0.25, 0.3) is 0 Å². The summed E-state index contributed by atoms with van der Waals surface area (Å²) in [6.07, 6.45) is 78.5. The van der Waals surface area contributed by atoms with Crippen LogP contribution in [0.5, 0.6) is 0 Å². The molecule has 9 nitrogen and oxygen atoms in total. The lowest BCUT2D eigenvalue weighted by Crippen LogP contribution is -2.44. The number of allylic oxidation sites excluding steroid dienone is 4. The summed E-state index contributed by atoms with van der Waals surface area (Å²) in [5, 5.41) is 11.8. The minimum atomic E-state index is -1.62. The van der Waals surface area contributed by atoms with Crippen LogP contribution in [0.4, 0.5) is 0 Å². The number of carboxylic acid groups (broad SMARTS) is 1. The highest BCUT2D eigenvalue weighted by Gasteiger charge is 2.22. The Labute approximate surface area is 516 Å². The third-order valence-corrected chi connectivity index (χ3v) is 16.7. The molecule has 9 heteroatoms. The number of likely N-dealkylation sites (N-methyl/N-ethyl adjacent to an activating group) is 1. The van der Waals surface area contributed by atoms with E-state index in [1.165, 1.54) is 302 Å². The smallest absolute Gasteiger partial charge is 0.306 e. The molecule has 0 spiro atoms. The molecule has 0 aliphatic heterocycles. The molecular weight excluding hydrogens is 1030 g/mol. The van der Waals surface area contributed by atoms with Gasteiger partial charge in [-0.25, -0.2) is 0 Å². The van der Waals surface area contributed by atoms with Gasteiger partial charge in [-0.1, -0.05) is 340 Å². The molecule has 83 heavy (non-hydrogen) atoms. The lowest BCUT2D eigenvalue weighted by molar-refractivity contribution is -0.870. The maximum absolute atomic E-state index is 12.9. The molecule has 2 unspecified atom stereocenters. The first-order chi connectivity index (χ1) is 40.6. The van der Waals surface area contributed by atoms with Crippen molar-refractivity contribution in [2.75, 3.05) is 47.5 Å². The van der Waals surface area contributed by atoms with Crippen LogP contribution in [0.1, 0.15) is 373 Å². The maximum Gasteiger partial charge on any atom is 0.306 e. The number of esters is 2. The number of carbonyl (C=O) groups is 3. The molecule has 0 bridgehead atoms. The molecule has 0 aliphatic carbocycles. The highest BCUT2D eigenvalue weighted by atomic mass is 16.7. The fraction of sp³-hybridized carbons (Fsp3) is 0.905. The molecular formula is C74H141NO8. The molecule has 0 aromatic carbocycles. The molecule has 0 heterocycles. The van der Waals surface area contributed by atoms with E-state index in [2.05, 4.69) is 38.2 Å². The van der Waals surface area contributed by atoms with E-state index >= 15 is 0 Å². The third-order valence-electron chi connectivity index (χ3n) is 16.7. The Morgan fingerprint density at radius 3 is 0.952 bits per heavy atom. The zero-order valence-electron chi connectivity index (χ0n) is 56.1. The third kappa shape index (κ3) is 67.1. The van der Waals surface area contributed by atoms with Crippen molar-refractivity contribution >= 4 is 17.9 Å². The van der Waals surface area contributed by atoms with Crippen molar-refractivity contribution < 1.29 is 42.9 Å². The maximum atomic E-state index is 12.9. The normalized spacial score (nSPS) is 12.7. The van der Waals surface area contributed by atoms with Crippen LogP contribution < -0.4 is 5.11 Å². The van der Waals surface area contributed by atoms with Gasteiger partial charge in [0.05, 0.1) is 40.3 Å². The van der Waals surface area contributed by atoms with Crippen LogP contribution in [0.3, 0.4) is 0 Å². The van der Waals surface area contributed by atoms with Gasteiger partial charge in [0.2, 0.25) is 0 Å². The predicted molar refractivity (Wildman–Crippen MR) is 353 cm³/mol. The van der Waals surface area contributed by atoms with Gasteiger partial charge >= 0.3 is 11.9 Å². The van der Waals surface area contributed by atoms with Crippen LogP contribution in [0.15, 0.2) is 24.3 Å². The fourth-order valence-electron chi connectivity index (χ4n) is 11.1. The summed E-state index contributed by atoms with van der Waals surface area (Å²) in [4.78, 5) is 37.5. The Morgan fingerprint density at radius 1 is 0.361 bits per heavy atom. The first kappa shape index (κ1) is 80.8. The standard InChI is InChI=1S/C74H141NO8/c1-6-8-10-12-14-16-18-20-22-24-26-28-30-31-32-33-34-35-36-37-38-39-40-41-43-45-47-49-51-53-55-57-59-61-63-65-72(77)83-70(69-82-74(73(78)79)80-67-66-75(3,4)5)68-81-71(76)64-62-60-58-56-54-52-50-48-46-44-42-29-27-25-23-21-19-17-15-13-11-9-7-2/h18,20,24,26,70,74H,6-17,19,21-23,25,27-69H2,1-5H3/b20-18-,26-24-. The Morgan fingerprint density at radius 2 is 0.651 bits per heavy atom. The van der Waals surface area contributed by atoms with Crippen LogP contribution in [0, 0.1) is 0 Å². The van der Waals surface area contributed by atoms with Crippen molar-refractivity contribution in [3.05, 3.63) is 24.3 Å². The van der Waals surface area contributed by atoms with Crippen molar-refractivity contribution in [2.45, 2.75) is 386 Å². The second-order valence-corrected chi connectivity index (χ2v) is 26.2. The second-order valence-electron chi connectivity index (χ2n) is 26.2. The van der Waals surface area contributed by atoms with Crippen LogP contribution >= 0.6 is 0 Å². The molecule has 0 saturated heterocycles. The SMILES string of the molecule is CCCCCCC/C=C\C/C=C\CCCCCCCCCCCCCCCCCCCCCCCCCC(=O)OC(COC(=O)CCCCCCCCCCCCCCCCCCCCCCCCC)COC(OCC[N+](C)(C)C)C(=O)[O-]. The predicted octanol–water partition coefficient (Wildman–Crippen LogP) is 21.3. The Hall–Kier alpha value is -2.23. The van der Waals surface area contributed by atoms with E-state index in [0.717, 1.165) is 44.9 Å². The number of quaternary nitrogens is 1. The second kappa shape index (κ2) is 65.7. The van der Waals surface area contributed by atoms with Crippen LogP contribution in [0.2, 0.25) is 0 Å². The minimum Gasteiger partial charge on any atom is -0.545 e. The molecule has 490 valence electrons. The van der Waals surface area contributed by atoms with E-state index in [1.807, 2.05) is 21.1 Å². The van der Waals surface area contributed by atoms with Crippen LogP contribution in [-0.4, -0.2) is 82.3 Å². The van der Waals surface area contributed by atoms with Crippen molar-refractivity contribution in [1.82, 2.24) is 0 Å². The molecule has 0 saturated carbocycles. The van der Waals surface area contributed by atoms with Gasteiger partial charge in [-0.15, -0.1) is 0 Å². The van der Waals surface area contributed by atoms with Gasteiger partial charge in [0.15, 0.2) is 12.4 Å². The largest absolute Gasteiger partial charge is 0.545 e. The zero-order chi connectivity index (χ0) is 60.5. The molecule has 0 radical (unpaired) electrons. The summed E-state index contributed by atoms with van der Waals surface area (Å²) in [7, 11) is 5.95. The van der Waals surface area contributed by atoms with E-state index in [4.69, 9.17) is 18.9 Å². The molecule has 0 aliphatic rings. The van der Waals surface area contributed by atoms with Gasteiger partial charge in [0, 0.05) is 12.8 Å². The average molecular weight is 1170 g/mol. The summed E-state index contributed by atoms with van der Waals surface area (Å²) in [5.74, 6) is -2.25. The van der Waals surface area contributed by atoms with Crippen molar-refractivity contribution in [3.8, 4) is 0 Å². The molecule has 0 rings (SSSR count). The fourth-order valence-corrected chi connectivity index (χ4v) is 11.1. The van der Waals surface area contributed by atoms with Gasteiger partial charge in [-0.2, -0.15) is 0 Å². The molecule has 0 aromatic rings. The number of ether oxygens (including phenoxy) is 4. The highest BCUT2D eigenvalue weighted by Crippen LogP contribution is 2.19. The number of unbranched alkanes of at least 4 members (excludes halogenated alkanes) is 50. The Bertz CT molecular complexity index is 1410. The van der Waals surface area contributed by atoms with Crippen molar-refractivity contribution in [3.63, 3.8) is 0 Å². The number of hydrogen-bond acceptors (Lipinski definition) is 8. The first-order valence-electron chi connectivity index (χ1n) is 36.5. The number of hydrogen-bond donors (Lipinski definition) is 0. The zero-order valence-corrected chi connectivity index (χ0v) is 56.1. The topological polar surface area (TPSA) is 111 Å². The van der Waals surface area contributed by atoms with Crippen molar-refractivity contribution in [1.29, 1.82) is 0 Å². The van der Waals surface area contributed by atoms with E-state index < -0.39 is 24.3 Å². The minimum absolute atomic E-state index is 0.152. The Balaban J connectivity index is 4.00.